The number of hydrogen-bond donors (Lipinski definition) is 0. The van der Waals surface area contributed by atoms with Gasteiger partial charge in [0, 0.05) is 17.9 Å². The molecule has 0 aliphatic carbocycles. The number of hydrogen-bond acceptors (Lipinski definition) is 4. The molecule has 4 nitrogen and oxygen atoms in total. The molecule has 1 heterocycles. The Bertz CT molecular complexity index is 351. The van der Waals surface area contributed by atoms with E-state index in [1.165, 1.54) is 0 Å². The first-order chi connectivity index (χ1) is 6.88. The van der Waals surface area contributed by atoms with Gasteiger partial charge in [0.2, 0.25) is 5.95 Å². The standard InChI is InChI=1S/C10H17BrN4/c1-7-8(2)13-14-9(12-7)15(5)10(3,4)6-11/h6H2,1-5H3. The molecule has 1 aromatic rings. The van der Waals surface area contributed by atoms with Crippen LogP contribution in [0.4, 0.5) is 5.95 Å². The summed E-state index contributed by atoms with van der Waals surface area (Å²) in [5.74, 6) is 0.669. The van der Waals surface area contributed by atoms with Crippen molar-refractivity contribution >= 4 is 21.9 Å². The molecule has 0 aromatic carbocycles. The van der Waals surface area contributed by atoms with Gasteiger partial charge in [-0.2, -0.15) is 5.10 Å². The smallest absolute Gasteiger partial charge is 0.245 e. The SMILES string of the molecule is Cc1nnc(N(C)C(C)(C)CBr)nc1C. The summed E-state index contributed by atoms with van der Waals surface area (Å²) in [5.41, 5.74) is 1.78. The van der Waals surface area contributed by atoms with Crippen LogP contribution in [0.2, 0.25) is 0 Å². The average Bonchev–Trinajstić information content (AvgIpc) is 2.21. The Labute approximate surface area is 99.2 Å². The van der Waals surface area contributed by atoms with Crippen LogP contribution in [0, 0.1) is 13.8 Å². The minimum Gasteiger partial charge on any atom is -0.337 e. The zero-order valence-corrected chi connectivity index (χ0v) is 11.5. The summed E-state index contributed by atoms with van der Waals surface area (Å²) in [7, 11) is 1.98. The summed E-state index contributed by atoms with van der Waals surface area (Å²) >= 11 is 3.48. The fraction of sp³-hybridized carbons (Fsp3) is 0.700. The molecule has 0 saturated carbocycles. The van der Waals surface area contributed by atoms with E-state index in [0.29, 0.717) is 5.95 Å². The van der Waals surface area contributed by atoms with Crippen molar-refractivity contribution in [2.45, 2.75) is 33.2 Å². The number of alkyl halides is 1. The molecule has 0 aliphatic heterocycles. The highest BCUT2D eigenvalue weighted by Crippen LogP contribution is 2.20. The fourth-order valence-electron chi connectivity index (χ4n) is 0.948. The van der Waals surface area contributed by atoms with E-state index in [4.69, 9.17) is 0 Å². The number of aryl methyl sites for hydroxylation is 2. The molecule has 15 heavy (non-hydrogen) atoms. The van der Waals surface area contributed by atoms with Crippen molar-refractivity contribution in [1.82, 2.24) is 15.2 Å². The summed E-state index contributed by atoms with van der Waals surface area (Å²) in [5, 5.41) is 9.03. The predicted octanol–water partition coefficient (Wildman–Crippen LogP) is 2.10. The van der Waals surface area contributed by atoms with Crippen LogP contribution in [0.5, 0.6) is 0 Å². The van der Waals surface area contributed by atoms with E-state index in [1.807, 2.05) is 25.8 Å². The molecule has 0 N–H and O–H groups in total. The van der Waals surface area contributed by atoms with Crippen LogP contribution >= 0.6 is 15.9 Å². The topological polar surface area (TPSA) is 41.9 Å². The van der Waals surface area contributed by atoms with Gasteiger partial charge < -0.3 is 4.90 Å². The molecule has 0 atom stereocenters. The molecule has 0 spiro atoms. The maximum atomic E-state index is 4.42. The Morgan fingerprint density at radius 3 is 2.27 bits per heavy atom. The third kappa shape index (κ3) is 2.65. The molecule has 0 amide bonds. The number of rotatable bonds is 3. The zero-order valence-electron chi connectivity index (χ0n) is 9.87. The van der Waals surface area contributed by atoms with Gasteiger partial charge in [0.1, 0.15) is 0 Å². The molecule has 0 unspecified atom stereocenters. The number of nitrogens with zero attached hydrogens (tertiary/aromatic N) is 4. The number of halogens is 1. The minimum atomic E-state index is -0.0244. The van der Waals surface area contributed by atoms with Gasteiger partial charge in [0.15, 0.2) is 0 Å². The lowest BCUT2D eigenvalue weighted by molar-refractivity contribution is 0.536. The molecule has 1 rings (SSSR count). The Balaban J connectivity index is 3.02. The first-order valence-electron chi connectivity index (χ1n) is 4.86. The van der Waals surface area contributed by atoms with E-state index in [1.54, 1.807) is 0 Å². The molecular weight excluding hydrogens is 256 g/mol. The monoisotopic (exact) mass is 272 g/mol. The second-order valence-corrected chi connectivity index (χ2v) is 4.85. The van der Waals surface area contributed by atoms with Crippen LogP contribution in [0.15, 0.2) is 0 Å². The van der Waals surface area contributed by atoms with E-state index >= 15 is 0 Å². The maximum Gasteiger partial charge on any atom is 0.245 e. The summed E-state index contributed by atoms with van der Waals surface area (Å²) in [4.78, 5) is 6.45. The van der Waals surface area contributed by atoms with Crippen LogP contribution in [0.25, 0.3) is 0 Å². The summed E-state index contributed by atoms with van der Waals surface area (Å²) in [6.07, 6.45) is 0. The van der Waals surface area contributed by atoms with Crippen LogP contribution in [-0.2, 0) is 0 Å². The van der Waals surface area contributed by atoms with Crippen LogP contribution in [0.3, 0.4) is 0 Å². The van der Waals surface area contributed by atoms with E-state index in [2.05, 4.69) is 45.0 Å². The van der Waals surface area contributed by atoms with E-state index in [9.17, 15) is 0 Å². The van der Waals surface area contributed by atoms with Gasteiger partial charge in [-0.15, -0.1) is 5.10 Å². The van der Waals surface area contributed by atoms with E-state index < -0.39 is 0 Å². The molecule has 0 bridgehead atoms. The van der Waals surface area contributed by atoms with Gasteiger partial charge in [0.25, 0.3) is 0 Å². The third-order valence-corrected chi connectivity index (χ3v) is 3.99. The Morgan fingerprint density at radius 2 is 1.80 bits per heavy atom. The van der Waals surface area contributed by atoms with Crippen LogP contribution < -0.4 is 4.90 Å². The second kappa shape index (κ2) is 4.43. The van der Waals surface area contributed by atoms with Gasteiger partial charge in [-0.25, -0.2) is 4.98 Å². The normalized spacial score (nSPS) is 11.6. The third-order valence-electron chi connectivity index (χ3n) is 2.62. The van der Waals surface area contributed by atoms with Crippen molar-refractivity contribution in [3.8, 4) is 0 Å². The molecule has 84 valence electrons. The van der Waals surface area contributed by atoms with Gasteiger partial charge >= 0.3 is 0 Å². The quantitative estimate of drug-likeness (QED) is 0.791. The average molecular weight is 273 g/mol. The fourth-order valence-corrected chi connectivity index (χ4v) is 1.32. The largest absolute Gasteiger partial charge is 0.337 e. The number of aromatic nitrogens is 3. The predicted molar refractivity (Wildman–Crippen MR) is 65.6 cm³/mol. The zero-order chi connectivity index (χ0) is 11.6. The molecule has 5 heteroatoms. The molecule has 0 saturated heterocycles. The van der Waals surface area contributed by atoms with Crippen LogP contribution in [0.1, 0.15) is 25.2 Å². The van der Waals surface area contributed by atoms with Gasteiger partial charge in [-0.1, -0.05) is 15.9 Å². The van der Waals surface area contributed by atoms with Crippen LogP contribution in [-0.4, -0.2) is 33.1 Å². The van der Waals surface area contributed by atoms with E-state index in [0.717, 1.165) is 16.7 Å². The molecule has 0 aliphatic rings. The van der Waals surface area contributed by atoms with Crippen molar-refractivity contribution in [3.63, 3.8) is 0 Å². The Morgan fingerprint density at radius 1 is 1.20 bits per heavy atom. The van der Waals surface area contributed by atoms with Crippen molar-refractivity contribution < 1.29 is 0 Å². The van der Waals surface area contributed by atoms with Gasteiger partial charge in [0.05, 0.1) is 11.4 Å². The van der Waals surface area contributed by atoms with Crippen molar-refractivity contribution in [1.29, 1.82) is 0 Å². The second-order valence-electron chi connectivity index (χ2n) is 4.29. The van der Waals surface area contributed by atoms with Gasteiger partial charge in [-0.3, -0.25) is 0 Å². The highest BCUT2D eigenvalue weighted by atomic mass is 79.9. The number of anilines is 1. The maximum absolute atomic E-state index is 4.42. The van der Waals surface area contributed by atoms with Crippen molar-refractivity contribution in [2.75, 3.05) is 17.3 Å². The molecule has 1 aromatic heterocycles. The summed E-state index contributed by atoms with van der Waals surface area (Å²) in [6, 6.07) is 0. The molecular formula is C10H17BrN4. The highest BCUT2D eigenvalue weighted by Gasteiger charge is 2.24. The van der Waals surface area contributed by atoms with Crippen molar-refractivity contribution in [3.05, 3.63) is 11.4 Å². The molecule has 0 radical (unpaired) electrons. The lowest BCUT2D eigenvalue weighted by Gasteiger charge is -2.33. The lowest BCUT2D eigenvalue weighted by atomic mass is 10.1. The highest BCUT2D eigenvalue weighted by molar-refractivity contribution is 9.09. The first kappa shape index (κ1) is 12.4. The van der Waals surface area contributed by atoms with Gasteiger partial charge in [-0.05, 0) is 27.7 Å². The van der Waals surface area contributed by atoms with E-state index in [-0.39, 0.29) is 5.54 Å². The Hall–Kier alpha value is -0.710. The molecule has 0 fully saturated rings. The summed E-state index contributed by atoms with van der Waals surface area (Å²) < 4.78 is 0. The summed E-state index contributed by atoms with van der Waals surface area (Å²) in [6.45, 7) is 8.11. The lowest BCUT2D eigenvalue weighted by Crippen LogP contribution is -2.43. The van der Waals surface area contributed by atoms with Crippen molar-refractivity contribution in [2.24, 2.45) is 0 Å². The Kier molecular flexibility index (Phi) is 3.65. The minimum absolute atomic E-state index is 0.0244. The first-order valence-corrected chi connectivity index (χ1v) is 5.98.